The van der Waals surface area contributed by atoms with E-state index in [2.05, 4.69) is 0 Å². The molecule has 1 aromatic rings. The molecule has 0 spiro atoms. The van der Waals surface area contributed by atoms with Crippen molar-refractivity contribution in [1.29, 1.82) is 0 Å². The first-order chi connectivity index (χ1) is 11.7. The van der Waals surface area contributed by atoms with E-state index in [1.165, 1.54) is 0 Å². The quantitative estimate of drug-likeness (QED) is 0.863. The fourth-order valence-electron chi connectivity index (χ4n) is 3.41. The smallest absolute Gasteiger partial charge is 0.306 e. The van der Waals surface area contributed by atoms with Crippen LogP contribution in [0.3, 0.4) is 0 Å². The van der Waals surface area contributed by atoms with Gasteiger partial charge in [-0.2, -0.15) is 0 Å². The van der Waals surface area contributed by atoms with Crippen molar-refractivity contribution in [3.63, 3.8) is 0 Å². The van der Waals surface area contributed by atoms with Crippen molar-refractivity contribution < 1.29 is 24.1 Å². The van der Waals surface area contributed by atoms with Gasteiger partial charge in [-0.25, -0.2) is 0 Å². The summed E-state index contributed by atoms with van der Waals surface area (Å²) >= 11 is 0. The van der Waals surface area contributed by atoms with Crippen molar-refractivity contribution in [3.05, 3.63) is 29.8 Å². The van der Waals surface area contributed by atoms with Crippen molar-refractivity contribution in [3.8, 4) is 5.75 Å². The van der Waals surface area contributed by atoms with Crippen molar-refractivity contribution in [2.45, 2.75) is 38.2 Å². The van der Waals surface area contributed by atoms with Crippen LogP contribution in [0.15, 0.2) is 24.3 Å². The zero-order valence-corrected chi connectivity index (χ0v) is 14.0. The molecule has 2 fully saturated rings. The summed E-state index contributed by atoms with van der Waals surface area (Å²) in [4.78, 5) is 11.2. The number of carboxylic acids is 1. The van der Waals surface area contributed by atoms with E-state index in [9.17, 15) is 4.79 Å². The minimum absolute atomic E-state index is 0.129. The van der Waals surface area contributed by atoms with E-state index in [0.717, 1.165) is 50.4 Å². The molecule has 5 nitrogen and oxygen atoms in total. The van der Waals surface area contributed by atoms with Gasteiger partial charge in [-0.15, -0.1) is 0 Å². The topological polar surface area (TPSA) is 65.0 Å². The molecule has 0 radical (unpaired) electrons. The third kappa shape index (κ3) is 4.71. The van der Waals surface area contributed by atoms with Crippen LogP contribution < -0.4 is 4.74 Å². The number of carbonyl (C=O) groups is 1. The van der Waals surface area contributed by atoms with Gasteiger partial charge in [0.15, 0.2) is 0 Å². The van der Waals surface area contributed by atoms with Crippen LogP contribution in [0.4, 0.5) is 0 Å². The molecule has 0 bridgehead atoms. The lowest BCUT2D eigenvalue weighted by atomic mass is 9.92. The zero-order valence-electron chi connectivity index (χ0n) is 14.0. The van der Waals surface area contributed by atoms with Crippen molar-refractivity contribution in [1.82, 2.24) is 0 Å². The van der Waals surface area contributed by atoms with Crippen LogP contribution in [0.1, 0.15) is 43.8 Å². The van der Waals surface area contributed by atoms with E-state index in [-0.39, 0.29) is 12.0 Å². The van der Waals surface area contributed by atoms with Gasteiger partial charge in [0.2, 0.25) is 0 Å². The summed E-state index contributed by atoms with van der Waals surface area (Å²) in [5, 5.41) is 9.17. The fourth-order valence-corrected chi connectivity index (χ4v) is 3.41. The molecule has 1 N–H and O–H groups in total. The van der Waals surface area contributed by atoms with E-state index in [4.69, 9.17) is 19.3 Å². The molecule has 0 amide bonds. The molecule has 1 aromatic carbocycles. The minimum Gasteiger partial charge on any atom is -0.494 e. The first-order valence-electron chi connectivity index (χ1n) is 8.87. The van der Waals surface area contributed by atoms with E-state index in [1.807, 2.05) is 24.3 Å². The molecule has 2 aliphatic rings. The second-order valence-corrected chi connectivity index (χ2v) is 6.68. The Hall–Kier alpha value is -1.59. The molecule has 5 heteroatoms. The number of benzene rings is 1. The standard InChI is InChI=1S/C19H26O5/c20-19(21)16-8-12-24-18(13-16)15-1-3-17(4-2-15)23-11-7-14-5-9-22-10-6-14/h1-4,14,16,18H,5-13H2,(H,20,21). The Balaban J connectivity index is 1.47. The lowest BCUT2D eigenvalue weighted by Gasteiger charge is -2.27. The SMILES string of the molecule is O=C(O)C1CCOC(c2ccc(OCCC3CCOCC3)cc2)C1. The molecule has 132 valence electrons. The molecule has 2 unspecified atom stereocenters. The maximum absolute atomic E-state index is 11.2. The third-order valence-corrected chi connectivity index (χ3v) is 5.02. The van der Waals surface area contributed by atoms with Crippen LogP contribution in [0.5, 0.6) is 5.75 Å². The van der Waals surface area contributed by atoms with Crippen molar-refractivity contribution >= 4 is 5.97 Å². The highest BCUT2D eigenvalue weighted by atomic mass is 16.5. The van der Waals surface area contributed by atoms with E-state index in [0.29, 0.717) is 25.4 Å². The van der Waals surface area contributed by atoms with Crippen molar-refractivity contribution in [2.24, 2.45) is 11.8 Å². The Labute approximate surface area is 142 Å². The second-order valence-electron chi connectivity index (χ2n) is 6.68. The molecular weight excluding hydrogens is 308 g/mol. The van der Waals surface area contributed by atoms with Crippen LogP contribution >= 0.6 is 0 Å². The first kappa shape index (κ1) is 17.2. The number of hydrogen-bond acceptors (Lipinski definition) is 4. The molecule has 0 aromatic heterocycles. The molecule has 2 aliphatic heterocycles. The predicted octanol–water partition coefficient (Wildman–Crippen LogP) is 3.43. The minimum atomic E-state index is -0.726. The molecule has 2 atom stereocenters. The summed E-state index contributed by atoms with van der Waals surface area (Å²) < 4.78 is 16.9. The lowest BCUT2D eigenvalue weighted by molar-refractivity contribution is -0.147. The summed E-state index contributed by atoms with van der Waals surface area (Å²) in [6, 6.07) is 7.87. The van der Waals surface area contributed by atoms with Crippen LogP contribution in [0.2, 0.25) is 0 Å². The average molecular weight is 334 g/mol. The number of hydrogen-bond donors (Lipinski definition) is 1. The number of carboxylic acid groups (broad SMARTS) is 1. The van der Waals surface area contributed by atoms with Crippen molar-refractivity contribution in [2.75, 3.05) is 26.4 Å². The van der Waals surface area contributed by atoms with E-state index < -0.39 is 5.97 Å². The molecular formula is C19H26O5. The molecule has 0 saturated carbocycles. The maximum atomic E-state index is 11.2. The summed E-state index contributed by atoms with van der Waals surface area (Å²) in [5.74, 6) is 0.536. The van der Waals surface area contributed by atoms with Gasteiger partial charge in [-0.1, -0.05) is 12.1 Å². The van der Waals surface area contributed by atoms with Gasteiger partial charge in [0.25, 0.3) is 0 Å². The number of rotatable bonds is 6. The second kappa shape index (κ2) is 8.49. The summed E-state index contributed by atoms with van der Waals surface area (Å²) in [6.07, 6.45) is 4.34. The summed E-state index contributed by atoms with van der Waals surface area (Å²) in [6.45, 7) is 2.98. The largest absolute Gasteiger partial charge is 0.494 e. The number of ether oxygens (including phenoxy) is 3. The van der Waals surface area contributed by atoms with Crippen LogP contribution in [0, 0.1) is 11.8 Å². The highest BCUT2D eigenvalue weighted by Gasteiger charge is 2.28. The van der Waals surface area contributed by atoms with Crippen LogP contribution in [-0.4, -0.2) is 37.5 Å². The predicted molar refractivity (Wildman–Crippen MR) is 89.1 cm³/mol. The Morgan fingerprint density at radius 3 is 2.58 bits per heavy atom. The Morgan fingerprint density at radius 2 is 1.88 bits per heavy atom. The average Bonchev–Trinajstić information content (AvgIpc) is 2.63. The molecule has 24 heavy (non-hydrogen) atoms. The summed E-state index contributed by atoms with van der Waals surface area (Å²) in [7, 11) is 0. The molecule has 3 rings (SSSR count). The van der Waals surface area contributed by atoms with Gasteiger partial charge in [0, 0.05) is 19.8 Å². The van der Waals surface area contributed by atoms with Gasteiger partial charge >= 0.3 is 5.97 Å². The third-order valence-electron chi connectivity index (χ3n) is 5.02. The first-order valence-corrected chi connectivity index (χ1v) is 8.87. The normalized spacial score (nSPS) is 25.3. The maximum Gasteiger partial charge on any atom is 0.306 e. The Morgan fingerprint density at radius 1 is 1.12 bits per heavy atom. The molecule has 2 saturated heterocycles. The van der Waals surface area contributed by atoms with Gasteiger partial charge < -0.3 is 19.3 Å². The molecule has 2 heterocycles. The Bertz CT molecular complexity index is 521. The number of aliphatic carboxylic acids is 1. The monoisotopic (exact) mass is 334 g/mol. The lowest BCUT2D eigenvalue weighted by Crippen LogP contribution is -2.25. The highest BCUT2D eigenvalue weighted by Crippen LogP contribution is 2.32. The van der Waals surface area contributed by atoms with Crippen LogP contribution in [-0.2, 0) is 14.3 Å². The van der Waals surface area contributed by atoms with Gasteiger partial charge in [-0.05, 0) is 55.7 Å². The Kier molecular flexibility index (Phi) is 6.10. The summed E-state index contributed by atoms with van der Waals surface area (Å²) in [5.41, 5.74) is 1.03. The highest BCUT2D eigenvalue weighted by molar-refractivity contribution is 5.70. The molecule has 0 aliphatic carbocycles. The fraction of sp³-hybridized carbons (Fsp3) is 0.632. The van der Waals surface area contributed by atoms with Gasteiger partial charge in [0.1, 0.15) is 5.75 Å². The van der Waals surface area contributed by atoms with E-state index >= 15 is 0 Å². The van der Waals surface area contributed by atoms with E-state index in [1.54, 1.807) is 0 Å². The van der Waals surface area contributed by atoms with Crippen LogP contribution in [0.25, 0.3) is 0 Å². The van der Waals surface area contributed by atoms with Gasteiger partial charge in [-0.3, -0.25) is 4.79 Å². The van der Waals surface area contributed by atoms with Gasteiger partial charge in [0.05, 0.1) is 18.6 Å². The zero-order chi connectivity index (χ0) is 16.8.